The van der Waals surface area contributed by atoms with Gasteiger partial charge in [-0.15, -0.1) is 0 Å². The largest absolute Gasteiger partial charge is 0.379 e. The number of rotatable bonds is 6. The van der Waals surface area contributed by atoms with Crippen molar-refractivity contribution in [1.82, 2.24) is 20.5 Å². The maximum absolute atomic E-state index is 5.38. The Morgan fingerprint density at radius 2 is 1.96 bits per heavy atom. The van der Waals surface area contributed by atoms with Gasteiger partial charge in [0.05, 0.1) is 13.2 Å². The molecule has 2 N–H and O–H groups in total. The maximum atomic E-state index is 5.38. The molecule has 0 spiro atoms. The first-order chi connectivity index (χ1) is 13.2. The third-order valence-corrected chi connectivity index (χ3v) is 5.42. The highest BCUT2D eigenvalue weighted by Crippen LogP contribution is 2.21. The van der Waals surface area contributed by atoms with E-state index in [1.165, 1.54) is 18.4 Å². The second kappa shape index (κ2) is 10.5. The Balaban J connectivity index is 1.38. The van der Waals surface area contributed by atoms with Crippen molar-refractivity contribution in [2.45, 2.75) is 26.3 Å². The van der Waals surface area contributed by atoms with Gasteiger partial charge in [0.25, 0.3) is 0 Å². The summed E-state index contributed by atoms with van der Waals surface area (Å²) >= 11 is 0. The number of hydrogen-bond acceptors (Lipinski definition) is 5. The van der Waals surface area contributed by atoms with Gasteiger partial charge in [0.1, 0.15) is 5.82 Å². The van der Waals surface area contributed by atoms with Crippen molar-refractivity contribution in [1.29, 1.82) is 0 Å². The summed E-state index contributed by atoms with van der Waals surface area (Å²) in [5.41, 5.74) is 1.17. The number of anilines is 1. The lowest BCUT2D eigenvalue weighted by Crippen LogP contribution is -2.44. The van der Waals surface area contributed by atoms with Gasteiger partial charge < -0.3 is 20.3 Å². The van der Waals surface area contributed by atoms with Crippen LogP contribution in [0.2, 0.25) is 0 Å². The van der Waals surface area contributed by atoms with E-state index in [1.807, 2.05) is 13.2 Å². The summed E-state index contributed by atoms with van der Waals surface area (Å²) in [7, 11) is 1.81. The number of nitrogens with one attached hydrogen (secondary N) is 2. The SMILES string of the molecule is CN=C(NCCN1CCOCC1)NCc1ccc(N2CCC(C)CC2)nc1. The van der Waals surface area contributed by atoms with Gasteiger partial charge in [-0.1, -0.05) is 13.0 Å². The van der Waals surface area contributed by atoms with E-state index in [0.29, 0.717) is 0 Å². The van der Waals surface area contributed by atoms with E-state index in [-0.39, 0.29) is 0 Å². The molecule has 7 heteroatoms. The zero-order chi connectivity index (χ0) is 18.9. The Morgan fingerprint density at radius 3 is 2.63 bits per heavy atom. The summed E-state index contributed by atoms with van der Waals surface area (Å²) in [6.45, 7) is 10.9. The average Bonchev–Trinajstić information content (AvgIpc) is 2.72. The van der Waals surface area contributed by atoms with Gasteiger partial charge in [-0.3, -0.25) is 9.89 Å². The molecule has 27 heavy (non-hydrogen) atoms. The van der Waals surface area contributed by atoms with Crippen LogP contribution in [0.4, 0.5) is 5.82 Å². The van der Waals surface area contributed by atoms with E-state index >= 15 is 0 Å². The van der Waals surface area contributed by atoms with Crippen LogP contribution in [0.5, 0.6) is 0 Å². The number of ether oxygens (including phenoxy) is 1. The fourth-order valence-corrected chi connectivity index (χ4v) is 3.51. The van der Waals surface area contributed by atoms with E-state index in [1.54, 1.807) is 0 Å². The number of piperidine rings is 1. The predicted octanol–water partition coefficient (Wildman–Crippen LogP) is 1.32. The van der Waals surface area contributed by atoms with Gasteiger partial charge in [0.2, 0.25) is 0 Å². The Labute approximate surface area is 163 Å². The Morgan fingerprint density at radius 1 is 1.19 bits per heavy atom. The highest BCUT2D eigenvalue weighted by Gasteiger charge is 2.16. The van der Waals surface area contributed by atoms with Gasteiger partial charge in [-0.25, -0.2) is 4.98 Å². The molecule has 3 rings (SSSR count). The fourth-order valence-electron chi connectivity index (χ4n) is 3.51. The number of aliphatic imine (C=N–C) groups is 1. The molecular formula is C20H34N6O. The summed E-state index contributed by atoms with van der Waals surface area (Å²) in [4.78, 5) is 13.8. The lowest BCUT2D eigenvalue weighted by molar-refractivity contribution is 0.0389. The highest BCUT2D eigenvalue weighted by atomic mass is 16.5. The molecule has 0 bridgehead atoms. The van der Waals surface area contributed by atoms with Crippen molar-refractivity contribution in [3.8, 4) is 0 Å². The quantitative estimate of drug-likeness (QED) is 0.578. The number of guanidine groups is 1. The third kappa shape index (κ3) is 6.36. The van der Waals surface area contributed by atoms with Gasteiger partial charge >= 0.3 is 0 Å². The summed E-state index contributed by atoms with van der Waals surface area (Å²) in [5.74, 6) is 2.77. The van der Waals surface area contributed by atoms with E-state index in [9.17, 15) is 0 Å². The Bertz CT molecular complexity index is 577. The number of nitrogens with zero attached hydrogens (tertiary/aromatic N) is 4. The first-order valence-corrected chi connectivity index (χ1v) is 10.2. The van der Waals surface area contributed by atoms with Gasteiger partial charge in [0, 0.05) is 59.1 Å². The van der Waals surface area contributed by atoms with Gasteiger partial charge in [-0.05, 0) is 30.4 Å². The van der Waals surface area contributed by atoms with E-state index in [4.69, 9.17) is 4.74 Å². The molecule has 0 saturated carbocycles. The number of morpholine rings is 1. The van der Waals surface area contributed by atoms with Crippen molar-refractivity contribution >= 4 is 11.8 Å². The lowest BCUT2D eigenvalue weighted by Gasteiger charge is -2.31. The number of pyridine rings is 1. The Kier molecular flexibility index (Phi) is 7.71. The minimum absolute atomic E-state index is 0.724. The molecule has 2 saturated heterocycles. The molecule has 2 aliphatic heterocycles. The predicted molar refractivity (Wildman–Crippen MR) is 110 cm³/mol. The molecule has 150 valence electrons. The topological polar surface area (TPSA) is 65.0 Å². The van der Waals surface area contributed by atoms with Crippen LogP contribution in [0, 0.1) is 5.92 Å². The molecule has 0 aliphatic carbocycles. The molecular weight excluding hydrogens is 340 g/mol. The zero-order valence-corrected chi connectivity index (χ0v) is 16.8. The molecule has 2 aliphatic rings. The smallest absolute Gasteiger partial charge is 0.191 e. The minimum atomic E-state index is 0.724. The van der Waals surface area contributed by atoms with Crippen LogP contribution in [0.3, 0.4) is 0 Å². The summed E-state index contributed by atoms with van der Waals surface area (Å²) in [5, 5.41) is 6.75. The van der Waals surface area contributed by atoms with Crippen molar-refractivity contribution in [3.63, 3.8) is 0 Å². The van der Waals surface area contributed by atoms with Crippen LogP contribution >= 0.6 is 0 Å². The average molecular weight is 375 g/mol. The van der Waals surface area contributed by atoms with Crippen molar-refractivity contribution in [2.75, 3.05) is 64.4 Å². The first-order valence-electron chi connectivity index (χ1n) is 10.2. The second-order valence-electron chi connectivity index (χ2n) is 7.50. The molecule has 0 atom stereocenters. The zero-order valence-electron chi connectivity index (χ0n) is 16.8. The van der Waals surface area contributed by atoms with Crippen molar-refractivity contribution < 1.29 is 4.74 Å². The van der Waals surface area contributed by atoms with Crippen LogP contribution in [-0.4, -0.2) is 75.4 Å². The lowest BCUT2D eigenvalue weighted by atomic mass is 9.99. The first kappa shape index (κ1) is 19.9. The summed E-state index contributed by atoms with van der Waals surface area (Å²) in [6, 6.07) is 4.30. The van der Waals surface area contributed by atoms with Crippen LogP contribution < -0.4 is 15.5 Å². The molecule has 0 amide bonds. The van der Waals surface area contributed by atoms with E-state index < -0.39 is 0 Å². The standard InChI is InChI=1S/C20H34N6O/c1-17-5-8-26(9-6-17)19-4-3-18(15-23-19)16-24-20(21-2)22-7-10-25-11-13-27-14-12-25/h3-4,15,17H,5-14,16H2,1-2H3,(H2,21,22,24). The molecule has 1 aromatic heterocycles. The molecule has 3 heterocycles. The Hall–Kier alpha value is -1.86. The maximum Gasteiger partial charge on any atom is 0.191 e. The second-order valence-corrected chi connectivity index (χ2v) is 7.50. The number of hydrogen-bond donors (Lipinski definition) is 2. The van der Waals surface area contributed by atoms with Crippen molar-refractivity contribution in [2.24, 2.45) is 10.9 Å². The molecule has 0 unspecified atom stereocenters. The molecule has 1 aromatic rings. The molecule has 0 radical (unpaired) electrons. The minimum Gasteiger partial charge on any atom is -0.379 e. The van der Waals surface area contributed by atoms with Gasteiger partial charge in [0.15, 0.2) is 5.96 Å². The van der Waals surface area contributed by atoms with Crippen LogP contribution in [0.15, 0.2) is 23.3 Å². The normalized spacial score (nSPS) is 19.9. The monoisotopic (exact) mass is 374 g/mol. The van der Waals surface area contributed by atoms with Crippen LogP contribution in [0.25, 0.3) is 0 Å². The summed E-state index contributed by atoms with van der Waals surface area (Å²) in [6.07, 6.45) is 4.50. The van der Waals surface area contributed by atoms with Crippen LogP contribution in [-0.2, 0) is 11.3 Å². The highest BCUT2D eigenvalue weighted by molar-refractivity contribution is 5.79. The number of aromatic nitrogens is 1. The molecule has 2 fully saturated rings. The van der Waals surface area contributed by atoms with Crippen LogP contribution in [0.1, 0.15) is 25.3 Å². The van der Waals surface area contributed by atoms with Gasteiger partial charge in [-0.2, -0.15) is 0 Å². The van der Waals surface area contributed by atoms with E-state index in [2.05, 4.69) is 49.5 Å². The van der Waals surface area contributed by atoms with E-state index in [0.717, 1.165) is 76.7 Å². The third-order valence-electron chi connectivity index (χ3n) is 5.42. The molecule has 0 aromatic carbocycles. The molecule has 7 nitrogen and oxygen atoms in total. The summed E-state index contributed by atoms with van der Waals surface area (Å²) < 4.78 is 5.38. The fraction of sp³-hybridized carbons (Fsp3) is 0.700. The van der Waals surface area contributed by atoms with Crippen molar-refractivity contribution in [3.05, 3.63) is 23.9 Å².